The minimum Gasteiger partial charge on any atom is -0.193 e. The Bertz CT molecular complexity index is 246. The third-order valence-corrected chi connectivity index (χ3v) is 3.62. The third kappa shape index (κ3) is 1.16. The number of hydrogen-bond donors (Lipinski definition) is 0. The highest BCUT2D eigenvalue weighted by Gasteiger charge is 2.39. The fourth-order valence-electron chi connectivity index (χ4n) is 3.01. The Morgan fingerprint density at radius 3 is 2.75 bits per heavy atom. The second kappa shape index (κ2) is 2.94. The molecular weight excluding hydrogens is 146 g/mol. The third-order valence-electron chi connectivity index (χ3n) is 3.62. The van der Waals surface area contributed by atoms with Crippen LogP contribution in [0, 0.1) is 29.1 Å². The van der Waals surface area contributed by atoms with Gasteiger partial charge >= 0.3 is 0 Å². The van der Waals surface area contributed by atoms with Crippen molar-refractivity contribution in [1.82, 2.24) is 0 Å². The molecule has 0 heterocycles. The van der Waals surface area contributed by atoms with Gasteiger partial charge in [-0.15, -0.1) is 0 Å². The minimum absolute atomic E-state index is 0.753. The maximum absolute atomic E-state index is 8.54. The quantitative estimate of drug-likeness (QED) is 0.542. The molecule has 1 nitrogen and oxygen atoms in total. The summed E-state index contributed by atoms with van der Waals surface area (Å²) in [5.74, 6) is 2.66. The molecule has 2 aliphatic rings. The van der Waals surface area contributed by atoms with Crippen LogP contribution < -0.4 is 0 Å². The van der Waals surface area contributed by atoms with Gasteiger partial charge in [0.2, 0.25) is 0 Å². The molecule has 2 rings (SSSR count). The topological polar surface area (TPSA) is 23.8 Å². The minimum atomic E-state index is 0.753. The fraction of sp³-hybridized carbons (Fsp3) is 0.727. The number of hydrogen-bond acceptors (Lipinski definition) is 1. The van der Waals surface area contributed by atoms with Crippen molar-refractivity contribution in [3.8, 4) is 6.07 Å². The van der Waals surface area contributed by atoms with Crippen LogP contribution in [0.1, 0.15) is 32.6 Å². The van der Waals surface area contributed by atoms with Gasteiger partial charge in [0.15, 0.2) is 0 Å². The molecule has 2 aliphatic carbocycles. The van der Waals surface area contributed by atoms with Crippen LogP contribution in [0.2, 0.25) is 0 Å². The van der Waals surface area contributed by atoms with Gasteiger partial charge in [0.25, 0.3) is 0 Å². The van der Waals surface area contributed by atoms with Crippen LogP contribution in [0.3, 0.4) is 0 Å². The fourth-order valence-corrected chi connectivity index (χ4v) is 3.01. The van der Waals surface area contributed by atoms with Crippen LogP contribution in [-0.2, 0) is 0 Å². The molecule has 0 aromatic carbocycles. The Labute approximate surface area is 74.1 Å². The number of nitrogens with zero attached hydrogens (tertiary/aromatic N) is 1. The van der Waals surface area contributed by atoms with E-state index in [1.807, 2.05) is 0 Å². The van der Waals surface area contributed by atoms with Gasteiger partial charge in [0.05, 0.1) is 6.07 Å². The van der Waals surface area contributed by atoms with Gasteiger partial charge in [-0.2, -0.15) is 5.26 Å². The average molecular weight is 161 g/mol. The summed E-state index contributed by atoms with van der Waals surface area (Å²) in [6.07, 6.45) is 7.38. The SMILES string of the molecule is CC(=CC#N)C1CC2CCC1C2. The lowest BCUT2D eigenvalue weighted by atomic mass is 9.84. The summed E-state index contributed by atoms with van der Waals surface area (Å²) in [5.41, 5.74) is 1.32. The van der Waals surface area contributed by atoms with Crippen LogP contribution in [0.15, 0.2) is 11.6 Å². The largest absolute Gasteiger partial charge is 0.193 e. The van der Waals surface area contributed by atoms with E-state index in [0.717, 1.165) is 17.8 Å². The van der Waals surface area contributed by atoms with Crippen LogP contribution in [-0.4, -0.2) is 0 Å². The predicted octanol–water partition coefficient (Wildman–Crippen LogP) is 2.89. The van der Waals surface area contributed by atoms with Gasteiger partial charge in [-0.1, -0.05) is 12.0 Å². The molecular formula is C11H15N. The van der Waals surface area contributed by atoms with E-state index in [9.17, 15) is 0 Å². The van der Waals surface area contributed by atoms with Crippen LogP contribution in [0.5, 0.6) is 0 Å². The number of rotatable bonds is 1. The molecule has 0 aliphatic heterocycles. The molecule has 2 saturated carbocycles. The molecule has 3 atom stereocenters. The van der Waals surface area contributed by atoms with Crippen molar-refractivity contribution in [2.75, 3.05) is 0 Å². The van der Waals surface area contributed by atoms with E-state index in [-0.39, 0.29) is 0 Å². The van der Waals surface area contributed by atoms with E-state index in [0.29, 0.717) is 0 Å². The second-order valence-electron chi connectivity index (χ2n) is 4.30. The lowest BCUT2D eigenvalue weighted by Gasteiger charge is -2.21. The van der Waals surface area contributed by atoms with E-state index in [1.165, 1.54) is 31.3 Å². The second-order valence-corrected chi connectivity index (χ2v) is 4.30. The zero-order chi connectivity index (χ0) is 8.55. The van der Waals surface area contributed by atoms with Crippen molar-refractivity contribution in [2.45, 2.75) is 32.6 Å². The van der Waals surface area contributed by atoms with Crippen molar-refractivity contribution in [2.24, 2.45) is 17.8 Å². The molecule has 0 N–H and O–H groups in total. The van der Waals surface area contributed by atoms with Gasteiger partial charge in [0, 0.05) is 6.08 Å². The highest BCUT2D eigenvalue weighted by atomic mass is 14.4. The Balaban J connectivity index is 2.08. The first-order valence-corrected chi connectivity index (χ1v) is 4.87. The van der Waals surface area contributed by atoms with Crippen LogP contribution in [0.25, 0.3) is 0 Å². The van der Waals surface area contributed by atoms with Gasteiger partial charge < -0.3 is 0 Å². The summed E-state index contributed by atoms with van der Waals surface area (Å²) in [5, 5.41) is 8.54. The summed E-state index contributed by atoms with van der Waals surface area (Å²) >= 11 is 0. The maximum atomic E-state index is 8.54. The normalized spacial score (nSPS) is 40.0. The Morgan fingerprint density at radius 1 is 1.42 bits per heavy atom. The summed E-state index contributed by atoms with van der Waals surface area (Å²) < 4.78 is 0. The number of allylic oxidation sites excluding steroid dienone is 2. The Kier molecular flexibility index (Phi) is 1.92. The van der Waals surface area contributed by atoms with Crippen LogP contribution >= 0.6 is 0 Å². The van der Waals surface area contributed by atoms with Crippen molar-refractivity contribution in [1.29, 1.82) is 5.26 Å². The Morgan fingerprint density at radius 2 is 2.25 bits per heavy atom. The van der Waals surface area contributed by atoms with Crippen molar-refractivity contribution >= 4 is 0 Å². The molecule has 2 fully saturated rings. The summed E-state index contributed by atoms with van der Waals surface area (Å²) in [6, 6.07) is 2.14. The molecule has 0 amide bonds. The van der Waals surface area contributed by atoms with E-state index in [1.54, 1.807) is 6.08 Å². The predicted molar refractivity (Wildman–Crippen MR) is 48.3 cm³/mol. The summed E-state index contributed by atoms with van der Waals surface area (Å²) in [7, 11) is 0. The molecule has 0 aromatic rings. The highest BCUT2D eigenvalue weighted by Crippen LogP contribution is 2.50. The standard InChI is InChI=1S/C11H15N/c1-8(4-5-12)11-7-9-2-3-10(11)6-9/h4,9-11H,2-3,6-7H2,1H3. The number of nitriles is 1. The van der Waals surface area contributed by atoms with Crippen molar-refractivity contribution in [3.05, 3.63) is 11.6 Å². The van der Waals surface area contributed by atoms with Crippen LogP contribution in [0.4, 0.5) is 0 Å². The molecule has 2 bridgehead atoms. The van der Waals surface area contributed by atoms with Gasteiger partial charge in [-0.05, 0) is 43.9 Å². The first-order valence-electron chi connectivity index (χ1n) is 4.87. The smallest absolute Gasteiger partial charge is 0.0911 e. The van der Waals surface area contributed by atoms with Crippen molar-refractivity contribution in [3.63, 3.8) is 0 Å². The average Bonchev–Trinajstić information content (AvgIpc) is 2.64. The molecule has 0 saturated heterocycles. The number of fused-ring (bicyclic) bond motifs is 2. The zero-order valence-electron chi connectivity index (χ0n) is 7.59. The van der Waals surface area contributed by atoms with E-state index < -0.39 is 0 Å². The highest BCUT2D eigenvalue weighted by molar-refractivity contribution is 5.17. The lowest BCUT2D eigenvalue weighted by Crippen LogP contribution is -2.11. The van der Waals surface area contributed by atoms with E-state index in [4.69, 9.17) is 5.26 Å². The molecule has 64 valence electrons. The summed E-state index contributed by atoms with van der Waals surface area (Å²) in [6.45, 7) is 2.12. The summed E-state index contributed by atoms with van der Waals surface area (Å²) in [4.78, 5) is 0. The van der Waals surface area contributed by atoms with E-state index >= 15 is 0 Å². The van der Waals surface area contributed by atoms with Gasteiger partial charge in [-0.25, -0.2) is 0 Å². The Hall–Kier alpha value is -0.770. The van der Waals surface area contributed by atoms with E-state index in [2.05, 4.69) is 13.0 Å². The molecule has 0 aromatic heterocycles. The molecule has 1 heteroatoms. The molecule has 0 spiro atoms. The van der Waals surface area contributed by atoms with Gasteiger partial charge in [-0.3, -0.25) is 0 Å². The first kappa shape index (κ1) is 7.86. The maximum Gasteiger partial charge on any atom is 0.0911 e. The lowest BCUT2D eigenvalue weighted by molar-refractivity contribution is 0.378. The molecule has 0 radical (unpaired) electrons. The molecule has 12 heavy (non-hydrogen) atoms. The monoisotopic (exact) mass is 161 g/mol. The zero-order valence-corrected chi connectivity index (χ0v) is 7.59. The van der Waals surface area contributed by atoms with Crippen molar-refractivity contribution < 1.29 is 0 Å². The first-order chi connectivity index (χ1) is 5.81. The molecule has 3 unspecified atom stereocenters. The van der Waals surface area contributed by atoms with Gasteiger partial charge in [0.1, 0.15) is 0 Å².